The summed E-state index contributed by atoms with van der Waals surface area (Å²) in [4.78, 5) is 36.3. The van der Waals surface area contributed by atoms with Crippen LogP contribution in [0.15, 0.2) is 65.3 Å². The second kappa shape index (κ2) is 11.2. The van der Waals surface area contributed by atoms with Gasteiger partial charge in [0.25, 0.3) is 11.8 Å². The lowest BCUT2D eigenvalue weighted by Crippen LogP contribution is -2.34. The van der Waals surface area contributed by atoms with E-state index >= 15 is 0 Å². The summed E-state index contributed by atoms with van der Waals surface area (Å²) in [5, 5.41) is 10.7. The third kappa shape index (κ3) is 6.50. The number of hydrogen-bond donors (Lipinski definition) is 4. The highest BCUT2D eigenvalue weighted by Crippen LogP contribution is 2.29. The van der Waals surface area contributed by atoms with Gasteiger partial charge in [-0.15, -0.1) is 0 Å². The molecule has 0 aliphatic rings. The summed E-state index contributed by atoms with van der Waals surface area (Å²) >= 11 is 0. The number of urea groups is 1. The predicted molar refractivity (Wildman–Crippen MR) is 122 cm³/mol. The fourth-order valence-corrected chi connectivity index (χ4v) is 2.84. The monoisotopic (exact) mass is 452 g/mol. The Morgan fingerprint density at radius 1 is 0.848 bits per heavy atom. The first kappa shape index (κ1) is 23.2. The third-order valence-corrected chi connectivity index (χ3v) is 4.50. The molecule has 33 heavy (non-hydrogen) atoms. The average Bonchev–Trinajstić information content (AvgIpc) is 3.37. The molecule has 0 unspecified atom stereocenters. The fourth-order valence-electron chi connectivity index (χ4n) is 2.84. The van der Waals surface area contributed by atoms with Gasteiger partial charge in [0, 0.05) is 30.4 Å². The molecule has 0 aliphatic carbocycles. The molecule has 3 aromatic rings. The third-order valence-electron chi connectivity index (χ3n) is 4.50. The zero-order chi connectivity index (χ0) is 23.6. The number of benzene rings is 2. The van der Waals surface area contributed by atoms with Crippen LogP contribution in [0, 0.1) is 0 Å². The predicted octanol–water partition coefficient (Wildman–Crippen LogP) is 3.10. The van der Waals surface area contributed by atoms with E-state index in [-0.39, 0.29) is 30.7 Å². The lowest BCUT2D eigenvalue weighted by molar-refractivity contribution is 0.0910. The molecule has 2 aromatic carbocycles. The number of amides is 4. The van der Waals surface area contributed by atoms with Gasteiger partial charge in [-0.3, -0.25) is 9.59 Å². The molecule has 4 N–H and O–H groups in total. The Kier molecular flexibility index (Phi) is 7.90. The lowest BCUT2D eigenvalue weighted by Gasteiger charge is -2.12. The molecule has 0 bridgehead atoms. The normalized spacial score (nSPS) is 10.1. The molecule has 172 valence electrons. The van der Waals surface area contributed by atoms with Crippen LogP contribution in [-0.4, -0.2) is 45.2 Å². The van der Waals surface area contributed by atoms with Crippen molar-refractivity contribution in [2.45, 2.75) is 0 Å². The summed E-state index contributed by atoms with van der Waals surface area (Å²) in [5.41, 5.74) is 1.39. The standard InChI is InChI=1S/C23H24N4O6/c1-31-17-9-10-18(20(14-17)32-2)27-23(30)26-16-7-5-15(6-8-16)21(28)24-11-12-25-22(29)19-4-3-13-33-19/h3-10,13-14H,11-12H2,1-2H3,(H,24,28)(H,25,29)(H2,26,27,30). The first-order valence-electron chi connectivity index (χ1n) is 10.00. The highest BCUT2D eigenvalue weighted by atomic mass is 16.5. The van der Waals surface area contributed by atoms with Crippen LogP contribution in [0.3, 0.4) is 0 Å². The molecule has 0 spiro atoms. The molecule has 10 nitrogen and oxygen atoms in total. The maximum absolute atomic E-state index is 12.3. The van der Waals surface area contributed by atoms with Crippen LogP contribution in [0.4, 0.5) is 16.2 Å². The van der Waals surface area contributed by atoms with Gasteiger partial charge in [0.15, 0.2) is 5.76 Å². The van der Waals surface area contributed by atoms with Crippen molar-refractivity contribution in [3.05, 3.63) is 72.2 Å². The Bertz CT molecular complexity index is 1100. The number of ether oxygens (including phenoxy) is 2. The van der Waals surface area contributed by atoms with E-state index in [0.29, 0.717) is 28.4 Å². The van der Waals surface area contributed by atoms with Gasteiger partial charge in [0.05, 0.1) is 26.2 Å². The molecule has 10 heteroatoms. The van der Waals surface area contributed by atoms with Crippen LogP contribution >= 0.6 is 0 Å². The highest BCUT2D eigenvalue weighted by molar-refractivity contribution is 6.01. The zero-order valence-corrected chi connectivity index (χ0v) is 18.1. The average molecular weight is 452 g/mol. The molecular formula is C23H24N4O6. The van der Waals surface area contributed by atoms with Crippen molar-refractivity contribution in [1.82, 2.24) is 10.6 Å². The smallest absolute Gasteiger partial charge is 0.323 e. The summed E-state index contributed by atoms with van der Waals surface area (Å²) < 4.78 is 15.4. The van der Waals surface area contributed by atoms with E-state index in [2.05, 4.69) is 21.3 Å². The first-order chi connectivity index (χ1) is 16.0. The van der Waals surface area contributed by atoms with Gasteiger partial charge >= 0.3 is 6.03 Å². The molecule has 0 atom stereocenters. The van der Waals surface area contributed by atoms with Crippen molar-refractivity contribution < 1.29 is 28.3 Å². The number of carbonyl (C=O) groups is 3. The van der Waals surface area contributed by atoms with E-state index in [0.717, 1.165) is 0 Å². The molecule has 0 saturated carbocycles. The Labute approximate surface area is 190 Å². The van der Waals surface area contributed by atoms with Crippen molar-refractivity contribution in [2.24, 2.45) is 0 Å². The maximum atomic E-state index is 12.3. The van der Waals surface area contributed by atoms with Crippen molar-refractivity contribution in [3.63, 3.8) is 0 Å². The quantitative estimate of drug-likeness (QED) is 0.369. The van der Waals surface area contributed by atoms with Gasteiger partial charge in [-0.05, 0) is 48.5 Å². The minimum atomic E-state index is -0.469. The molecule has 1 heterocycles. The summed E-state index contributed by atoms with van der Waals surface area (Å²) in [6.07, 6.45) is 1.41. The number of methoxy groups -OCH3 is 2. The van der Waals surface area contributed by atoms with Crippen LogP contribution in [0.1, 0.15) is 20.9 Å². The second-order valence-corrected chi connectivity index (χ2v) is 6.71. The number of hydrogen-bond acceptors (Lipinski definition) is 6. The molecule has 0 aliphatic heterocycles. The number of anilines is 2. The highest BCUT2D eigenvalue weighted by Gasteiger charge is 2.11. The van der Waals surface area contributed by atoms with Crippen LogP contribution in [0.25, 0.3) is 0 Å². The van der Waals surface area contributed by atoms with E-state index in [1.54, 1.807) is 61.7 Å². The van der Waals surface area contributed by atoms with Gasteiger partial charge in [-0.2, -0.15) is 0 Å². The van der Waals surface area contributed by atoms with E-state index in [4.69, 9.17) is 13.9 Å². The lowest BCUT2D eigenvalue weighted by atomic mass is 10.2. The van der Waals surface area contributed by atoms with Gasteiger partial charge in [0.1, 0.15) is 11.5 Å². The number of nitrogens with one attached hydrogen (secondary N) is 4. The van der Waals surface area contributed by atoms with Gasteiger partial charge < -0.3 is 35.2 Å². The Balaban J connectivity index is 1.46. The minimum absolute atomic E-state index is 0.207. The zero-order valence-electron chi connectivity index (χ0n) is 18.1. The first-order valence-corrected chi connectivity index (χ1v) is 10.00. The van der Waals surface area contributed by atoms with Crippen molar-refractivity contribution in [2.75, 3.05) is 37.9 Å². The summed E-state index contributed by atoms with van der Waals surface area (Å²) in [7, 11) is 3.04. The molecule has 0 radical (unpaired) electrons. The maximum Gasteiger partial charge on any atom is 0.323 e. The van der Waals surface area contributed by atoms with E-state index in [1.165, 1.54) is 13.4 Å². The largest absolute Gasteiger partial charge is 0.497 e. The Morgan fingerprint density at radius 3 is 2.21 bits per heavy atom. The topological polar surface area (TPSA) is 131 Å². The van der Waals surface area contributed by atoms with Crippen molar-refractivity contribution in [1.29, 1.82) is 0 Å². The van der Waals surface area contributed by atoms with E-state index < -0.39 is 6.03 Å². The molecule has 4 amide bonds. The molecular weight excluding hydrogens is 428 g/mol. The fraction of sp³-hybridized carbons (Fsp3) is 0.174. The SMILES string of the molecule is COc1ccc(NC(=O)Nc2ccc(C(=O)NCCNC(=O)c3ccco3)cc2)c(OC)c1. The Hall–Kier alpha value is -4.47. The van der Waals surface area contributed by atoms with Gasteiger partial charge in [-0.1, -0.05) is 0 Å². The minimum Gasteiger partial charge on any atom is -0.497 e. The molecule has 1 aromatic heterocycles. The van der Waals surface area contributed by atoms with Crippen LogP contribution in [-0.2, 0) is 0 Å². The van der Waals surface area contributed by atoms with E-state index in [9.17, 15) is 14.4 Å². The number of rotatable bonds is 9. The van der Waals surface area contributed by atoms with E-state index in [1.807, 2.05) is 0 Å². The molecule has 3 rings (SSSR count). The van der Waals surface area contributed by atoms with Crippen LogP contribution < -0.4 is 30.7 Å². The van der Waals surface area contributed by atoms with Gasteiger partial charge in [-0.25, -0.2) is 4.79 Å². The van der Waals surface area contributed by atoms with Crippen LogP contribution in [0.5, 0.6) is 11.5 Å². The summed E-state index contributed by atoms with van der Waals surface area (Å²) in [6, 6.07) is 14.1. The summed E-state index contributed by atoms with van der Waals surface area (Å²) in [6.45, 7) is 0.497. The second-order valence-electron chi connectivity index (χ2n) is 6.71. The Morgan fingerprint density at radius 2 is 1.58 bits per heavy atom. The molecule has 0 fully saturated rings. The molecule has 0 saturated heterocycles. The van der Waals surface area contributed by atoms with Gasteiger partial charge in [0.2, 0.25) is 0 Å². The summed E-state index contributed by atoms with van der Waals surface area (Å²) in [5.74, 6) is 0.610. The number of furan rings is 1. The van der Waals surface area contributed by atoms with Crippen molar-refractivity contribution >= 4 is 29.2 Å². The number of carbonyl (C=O) groups excluding carboxylic acids is 3. The van der Waals surface area contributed by atoms with Crippen molar-refractivity contribution in [3.8, 4) is 11.5 Å². The van der Waals surface area contributed by atoms with Crippen LogP contribution in [0.2, 0.25) is 0 Å².